The van der Waals surface area contributed by atoms with E-state index in [4.69, 9.17) is 22.1 Å². The summed E-state index contributed by atoms with van der Waals surface area (Å²) in [5, 5.41) is 7.45. The van der Waals surface area contributed by atoms with Gasteiger partial charge in [0, 0.05) is 18.8 Å². The molecule has 2 rings (SSSR count). The molecule has 2 heterocycles. The third-order valence-corrected chi connectivity index (χ3v) is 3.12. The molecule has 9 heteroatoms. The number of anilines is 2. The second-order valence-corrected chi connectivity index (χ2v) is 4.87. The second kappa shape index (κ2) is 7.08. The van der Waals surface area contributed by atoms with Crippen LogP contribution in [-0.4, -0.2) is 32.3 Å². The van der Waals surface area contributed by atoms with E-state index in [1.807, 2.05) is 19.3 Å². The molecule has 0 aliphatic carbocycles. The van der Waals surface area contributed by atoms with Gasteiger partial charge in [0.15, 0.2) is 0 Å². The highest BCUT2D eigenvalue weighted by Gasteiger charge is 2.16. The molecule has 0 spiro atoms. The minimum Gasteiger partial charge on any atom is -0.466 e. The van der Waals surface area contributed by atoms with E-state index in [0.29, 0.717) is 24.5 Å². The van der Waals surface area contributed by atoms with Crippen molar-refractivity contribution in [3.63, 3.8) is 0 Å². The molecular formula is C13H17ClN6O2. The van der Waals surface area contributed by atoms with E-state index in [-0.39, 0.29) is 17.5 Å². The molecule has 22 heavy (non-hydrogen) atoms. The molecule has 8 nitrogen and oxygen atoms in total. The van der Waals surface area contributed by atoms with Crippen LogP contribution in [-0.2, 0) is 29.5 Å². The average molecular weight is 325 g/mol. The third-order valence-electron chi connectivity index (χ3n) is 2.81. The minimum atomic E-state index is -0.404. The summed E-state index contributed by atoms with van der Waals surface area (Å²) in [4.78, 5) is 19.6. The van der Waals surface area contributed by atoms with E-state index >= 15 is 0 Å². The van der Waals surface area contributed by atoms with Gasteiger partial charge in [-0.05, 0) is 13.0 Å². The first-order valence-corrected chi connectivity index (χ1v) is 7.07. The number of carbonyl (C=O) groups is 1. The number of nitrogens with one attached hydrogen (secondary N) is 1. The standard InChI is InChI=1S/C13H17ClN6O2/c1-3-22-10(21)6-9-11(14)17-13(15)18-12(9)16-7-8-4-5-20(2)19-8/h4-5H,3,6-7H2,1-2H3,(H3,15,16,17,18). The van der Waals surface area contributed by atoms with E-state index < -0.39 is 5.97 Å². The molecule has 0 radical (unpaired) electrons. The van der Waals surface area contributed by atoms with Gasteiger partial charge in [0.05, 0.1) is 25.3 Å². The predicted molar refractivity (Wildman–Crippen MR) is 82.3 cm³/mol. The van der Waals surface area contributed by atoms with E-state index in [9.17, 15) is 4.79 Å². The van der Waals surface area contributed by atoms with Gasteiger partial charge in [-0.25, -0.2) is 4.98 Å². The molecule has 0 aromatic carbocycles. The van der Waals surface area contributed by atoms with Crippen LogP contribution in [0, 0.1) is 0 Å². The number of ether oxygens (including phenoxy) is 1. The van der Waals surface area contributed by atoms with Gasteiger partial charge in [0.25, 0.3) is 0 Å². The number of hydrogen-bond donors (Lipinski definition) is 2. The highest BCUT2D eigenvalue weighted by molar-refractivity contribution is 6.30. The molecule has 0 saturated carbocycles. The number of aryl methyl sites for hydroxylation is 1. The van der Waals surface area contributed by atoms with Crippen molar-refractivity contribution < 1.29 is 9.53 Å². The summed E-state index contributed by atoms with van der Waals surface area (Å²) < 4.78 is 6.62. The summed E-state index contributed by atoms with van der Waals surface area (Å²) in [6.45, 7) is 2.45. The highest BCUT2D eigenvalue weighted by Crippen LogP contribution is 2.23. The van der Waals surface area contributed by atoms with Crippen LogP contribution in [0.25, 0.3) is 0 Å². The van der Waals surface area contributed by atoms with Crippen LogP contribution >= 0.6 is 11.6 Å². The van der Waals surface area contributed by atoms with Crippen molar-refractivity contribution in [2.75, 3.05) is 17.7 Å². The molecule has 0 fully saturated rings. The molecule has 0 aliphatic heterocycles. The summed E-state index contributed by atoms with van der Waals surface area (Å²) in [6, 6.07) is 1.87. The highest BCUT2D eigenvalue weighted by atomic mass is 35.5. The van der Waals surface area contributed by atoms with Crippen molar-refractivity contribution in [3.05, 3.63) is 28.7 Å². The van der Waals surface area contributed by atoms with Gasteiger partial charge < -0.3 is 15.8 Å². The van der Waals surface area contributed by atoms with Gasteiger partial charge in [0.2, 0.25) is 5.95 Å². The van der Waals surface area contributed by atoms with Crippen molar-refractivity contribution >= 4 is 29.3 Å². The first-order chi connectivity index (χ1) is 10.5. The third kappa shape index (κ3) is 4.08. The summed E-state index contributed by atoms with van der Waals surface area (Å²) >= 11 is 6.07. The van der Waals surface area contributed by atoms with Gasteiger partial charge in [-0.15, -0.1) is 0 Å². The van der Waals surface area contributed by atoms with Crippen LogP contribution in [0.5, 0.6) is 0 Å². The molecule has 0 atom stereocenters. The Bertz CT molecular complexity index is 673. The monoisotopic (exact) mass is 324 g/mol. The number of aromatic nitrogens is 4. The zero-order chi connectivity index (χ0) is 16.1. The first-order valence-electron chi connectivity index (χ1n) is 6.69. The molecule has 0 saturated heterocycles. The SMILES string of the molecule is CCOC(=O)Cc1c(Cl)nc(N)nc1NCc1ccn(C)n1. The van der Waals surface area contributed by atoms with Crippen LogP contribution in [0.2, 0.25) is 5.15 Å². The zero-order valence-corrected chi connectivity index (χ0v) is 13.1. The molecule has 118 valence electrons. The minimum absolute atomic E-state index is 0.0288. The number of halogens is 1. The normalized spacial score (nSPS) is 10.5. The van der Waals surface area contributed by atoms with Gasteiger partial charge in [0.1, 0.15) is 11.0 Å². The number of hydrogen-bond acceptors (Lipinski definition) is 7. The van der Waals surface area contributed by atoms with Crippen LogP contribution < -0.4 is 11.1 Å². The van der Waals surface area contributed by atoms with E-state index in [1.165, 1.54) is 0 Å². The second-order valence-electron chi connectivity index (χ2n) is 4.52. The first kappa shape index (κ1) is 16.0. The average Bonchev–Trinajstić information content (AvgIpc) is 2.86. The lowest BCUT2D eigenvalue weighted by Gasteiger charge is -2.11. The molecule has 0 bridgehead atoms. The smallest absolute Gasteiger partial charge is 0.310 e. The van der Waals surface area contributed by atoms with Gasteiger partial charge in [-0.3, -0.25) is 9.48 Å². The summed E-state index contributed by atoms with van der Waals surface area (Å²) in [5.41, 5.74) is 6.88. The van der Waals surface area contributed by atoms with Gasteiger partial charge in [-0.2, -0.15) is 10.1 Å². The lowest BCUT2D eigenvalue weighted by Crippen LogP contribution is -2.14. The predicted octanol–water partition coefficient (Wildman–Crippen LogP) is 1.16. The largest absolute Gasteiger partial charge is 0.466 e. The molecule has 0 aliphatic rings. The maximum absolute atomic E-state index is 11.7. The van der Waals surface area contributed by atoms with Gasteiger partial charge >= 0.3 is 5.97 Å². The number of nitrogens with zero attached hydrogens (tertiary/aromatic N) is 4. The van der Waals surface area contributed by atoms with Crippen molar-refractivity contribution in [1.29, 1.82) is 0 Å². The van der Waals surface area contributed by atoms with Crippen molar-refractivity contribution in [2.24, 2.45) is 7.05 Å². The van der Waals surface area contributed by atoms with Crippen LogP contribution in [0.1, 0.15) is 18.2 Å². The van der Waals surface area contributed by atoms with Crippen molar-refractivity contribution in [2.45, 2.75) is 19.9 Å². The summed E-state index contributed by atoms with van der Waals surface area (Å²) in [6.07, 6.45) is 1.80. The summed E-state index contributed by atoms with van der Waals surface area (Å²) in [5.74, 6) is 0.0241. The lowest BCUT2D eigenvalue weighted by atomic mass is 10.2. The van der Waals surface area contributed by atoms with Crippen LogP contribution in [0.3, 0.4) is 0 Å². The molecule has 2 aromatic heterocycles. The number of esters is 1. The molecule has 3 N–H and O–H groups in total. The Hall–Kier alpha value is -2.35. The zero-order valence-electron chi connectivity index (χ0n) is 12.3. The quantitative estimate of drug-likeness (QED) is 0.606. The Morgan fingerprint density at radius 1 is 1.50 bits per heavy atom. The van der Waals surface area contributed by atoms with Gasteiger partial charge in [-0.1, -0.05) is 11.6 Å². The van der Waals surface area contributed by atoms with E-state index in [1.54, 1.807) is 11.6 Å². The fourth-order valence-electron chi connectivity index (χ4n) is 1.86. The van der Waals surface area contributed by atoms with Crippen molar-refractivity contribution in [1.82, 2.24) is 19.7 Å². The number of carbonyl (C=O) groups excluding carboxylic acids is 1. The van der Waals surface area contributed by atoms with E-state index in [2.05, 4.69) is 20.4 Å². The molecule has 2 aromatic rings. The van der Waals surface area contributed by atoms with Crippen molar-refractivity contribution in [3.8, 4) is 0 Å². The Balaban J connectivity index is 2.18. The fraction of sp³-hybridized carbons (Fsp3) is 0.385. The maximum atomic E-state index is 11.7. The lowest BCUT2D eigenvalue weighted by molar-refractivity contribution is -0.142. The Labute approximate surface area is 132 Å². The Kier molecular flexibility index (Phi) is 5.16. The summed E-state index contributed by atoms with van der Waals surface area (Å²) in [7, 11) is 1.83. The number of nitrogen functional groups attached to an aromatic ring is 1. The molecule has 0 amide bonds. The Morgan fingerprint density at radius 2 is 2.27 bits per heavy atom. The topological polar surface area (TPSA) is 108 Å². The van der Waals surface area contributed by atoms with Crippen LogP contribution in [0.4, 0.5) is 11.8 Å². The number of nitrogens with two attached hydrogens (primary N) is 1. The number of rotatable bonds is 6. The fourth-order valence-corrected chi connectivity index (χ4v) is 2.11. The van der Waals surface area contributed by atoms with Crippen LogP contribution in [0.15, 0.2) is 12.3 Å². The Morgan fingerprint density at radius 3 is 2.91 bits per heavy atom. The van der Waals surface area contributed by atoms with E-state index in [0.717, 1.165) is 5.69 Å². The molecule has 0 unspecified atom stereocenters. The molecular weight excluding hydrogens is 308 g/mol. The maximum Gasteiger partial charge on any atom is 0.310 e.